The van der Waals surface area contributed by atoms with Gasteiger partial charge in [0.2, 0.25) is 0 Å². The Hall–Kier alpha value is -3.56. The number of amides is 1. The molecule has 7 nitrogen and oxygen atoms in total. The number of thiazole rings is 1. The molecule has 4 aromatic rings. The molecule has 0 aliphatic heterocycles. The maximum absolute atomic E-state index is 13.4. The summed E-state index contributed by atoms with van der Waals surface area (Å²) in [6.07, 6.45) is 5.94. The van der Waals surface area contributed by atoms with Crippen molar-refractivity contribution in [1.29, 1.82) is 0 Å². The summed E-state index contributed by atoms with van der Waals surface area (Å²) in [5.74, 6) is -0.250. The summed E-state index contributed by atoms with van der Waals surface area (Å²) in [6.45, 7) is 4.05. The van der Waals surface area contributed by atoms with E-state index in [4.69, 9.17) is 0 Å². The number of para-hydroxylation sites is 1. The van der Waals surface area contributed by atoms with Crippen LogP contribution in [0.15, 0.2) is 90.1 Å². The van der Waals surface area contributed by atoms with Gasteiger partial charge in [-0.1, -0.05) is 36.4 Å². The van der Waals surface area contributed by atoms with E-state index in [2.05, 4.69) is 16.5 Å². The molecule has 0 bridgehead atoms. The quantitative estimate of drug-likeness (QED) is 0.382. The monoisotopic (exact) mass is 464 g/mol. The molecule has 0 unspecified atom stereocenters. The molecule has 162 valence electrons. The number of nitrogens with zero attached hydrogens (tertiary/aromatic N) is 4. The summed E-state index contributed by atoms with van der Waals surface area (Å²) in [5, 5.41) is 2.35. The van der Waals surface area contributed by atoms with Crippen LogP contribution in [0.2, 0.25) is 0 Å². The average Bonchev–Trinajstić information content (AvgIpc) is 3.47. The van der Waals surface area contributed by atoms with Crippen LogP contribution in [0.4, 0.5) is 5.13 Å². The SMILES string of the molecule is C=CCN(C(=O)c1cncn1-c1ccccc1)c1nc(-c2ccc(S(C)(=O)=O)cc2)cs1. The van der Waals surface area contributed by atoms with Crippen LogP contribution in [-0.2, 0) is 9.84 Å². The molecule has 0 N–H and O–H groups in total. The van der Waals surface area contributed by atoms with Crippen molar-refractivity contribution in [3.8, 4) is 16.9 Å². The number of imidazole rings is 1. The van der Waals surface area contributed by atoms with Gasteiger partial charge in [-0.15, -0.1) is 17.9 Å². The molecule has 1 amide bonds. The van der Waals surface area contributed by atoms with Crippen molar-refractivity contribution in [2.45, 2.75) is 4.90 Å². The zero-order chi connectivity index (χ0) is 22.7. The molecule has 0 aliphatic carbocycles. The fraction of sp³-hybridized carbons (Fsp3) is 0.0870. The van der Waals surface area contributed by atoms with Crippen LogP contribution < -0.4 is 4.90 Å². The van der Waals surface area contributed by atoms with E-state index in [0.717, 1.165) is 11.3 Å². The standard InChI is InChI=1S/C23H20N4O3S2/c1-3-13-26(22(28)21-14-24-16-27(21)18-7-5-4-6-8-18)23-25-20(15-31-23)17-9-11-19(12-10-17)32(2,29)30/h3-12,14-16H,1,13H2,2H3. The molecule has 0 spiro atoms. The molecule has 9 heteroatoms. The summed E-state index contributed by atoms with van der Waals surface area (Å²) < 4.78 is 25.1. The number of carbonyl (C=O) groups excluding carboxylic acids is 1. The molecule has 2 heterocycles. The second-order valence-corrected chi connectivity index (χ2v) is 9.85. The lowest BCUT2D eigenvalue weighted by Crippen LogP contribution is -2.32. The number of hydrogen-bond donors (Lipinski definition) is 0. The molecule has 0 atom stereocenters. The van der Waals surface area contributed by atoms with Gasteiger partial charge >= 0.3 is 0 Å². The Kier molecular flexibility index (Phi) is 6.02. The predicted octanol–water partition coefficient (Wildman–Crippen LogP) is 4.23. The van der Waals surface area contributed by atoms with Crippen LogP contribution in [-0.4, -0.2) is 41.7 Å². The van der Waals surface area contributed by atoms with Crippen LogP contribution in [0.5, 0.6) is 0 Å². The van der Waals surface area contributed by atoms with Crippen LogP contribution in [0.25, 0.3) is 16.9 Å². The van der Waals surface area contributed by atoms with E-state index in [1.54, 1.807) is 46.1 Å². The van der Waals surface area contributed by atoms with E-state index in [9.17, 15) is 13.2 Å². The lowest BCUT2D eigenvalue weighted by Gasteiger charge is -2.18. The Balaban J connectivity index is 1.65. The topological polar surface area (TPSA) is 85.2 Å². The number of sulfone groups is 1. The molecular formula is C23H20N4O3S2. The Bertz CT molecular complexity index is 1360. The number of carbonyl (C=O) groups is 1. The minimum atomic E-state index is -3.27. The highest BCUT2D eigenvalue weighted by Gasteiger charge is 2.23. The first kappa shape index (κ1) is 21.7. The summed E-state index contributed by atoms with van der Waals surface area (Å²) in [4.78, 5) is 24.0. The highest BCUT2D eigenvalue weighted by atomic mass is 32.2. The highest BCUT2D eigenvalue weighted by molar-refractivity contribution is 7.90. The Morgan fingerprint density at radius 3 is 2.53 bits per heavy atom. The van der Waals surface area contributed by atoms with Gasteiger partial charge in [-0.3, -0.25) is 14.3 Å². The van der Waals surface area contributed by atoms with Gasteiger partial charge in [-0.25, -0.2) is 18.4 Å². The van der Waals surface area contributed by atoms with Gasteiger partial charge in [0.05, 0.1) is 23.1 Å². The van der Waals surface area contributed by atoms with Crippen molar-refractivity contribution in [2.24, 2.45) is 0 Å². The molecule has 0 aliphatic rings. The van der Waals surface area contributed by atoms with E-state index in [0.29, 0.717) is 16.5 Å². The first-order valence-corrected chi connectivity index (χ1v) is 12.4. The fourth-order valence-electron chi connectivity index (χ4n) is 3.16. The number of benzene rings is 2. The number of anilines is 1. The van der Waals surface area contributed by atoms with E-state index < -0.39 is 9.84 Å². The van der Waals surface area contributed by atoms with Crippen molar-refractivity contribution in [1.82, 2.24) is 14.5 Å². The zero-order valence-electron chi connectivity index (χ0n) is 17.2. The predicted molar refractivity (Wildman–Crippen MR) is 126 cm³/mol. The Labute approximate surface area is 190 Å². The largest absolute Gasteiger partial charge is 0.295 e. The summed E-state index contributed by atoms with van der Waals surface area (Å²) in [7, 11) is -3.27. The second kappa shape index (κ2) is 8.89. The maximum atomic E-state index is 13.4. The third-order valence-electron chi connectivity index (χ3n) is 4.75. The van der Waals surface area contributed by atoms with Gasteiger partial charge in [-0.05, 0) is 24.3 Å². The third kappa shape index (κ3) is 4.39. The second-order valence-electron chi connectivity index (χ2n) is 7.00. The molecule has 0 saturated heterocycles. The van der Waals surface area contributed by atoms with E-state index >= 15 is 0 Å². The lowest BCUT2D eigenvalue weighted by atomic mass is 10.2. The number of aromatic nitrogens is 3. The smallest absolute Gasteiger partial charge is 0.278 e. The van der Waals surface area contributed by atoms with Crippen LogP contribution in [0, 0.1) is 0 Å². The summed E-state index contributed by atoms with van der Waals surface area (Å²) in [6, 6.07) is 16.0. The average molecular weight is 465 g/mol. The van der Waals surface area contributed by atoms with Gasteiger partial charge in [-0.2, -0.15) is 0 Å². The van der Waals surface area contributed by atoms with E-state index in [-0.39, 0.29) is 17.3 Å². The van der Waals surface area contributed by atoms with Crippen molar-refractivity contribution in [2.75, 3.05) is 17.7 Å². The minimum absolute atomic E-state index is 0.245. The molecular weight excluding hydrogens is 444 g/mol. The van der Waals surface area contributed by atoms with Crippen molar-refractivity contribution in [3.63, 3.8) is 0 Å². The Morgan fingerprint density at radius 1 is 1.16 bits per heavy atom. The van der Waals surface area contributed by atoms with Crippen LogP contribution >= 0.6 is 11.3 Å². The third-order valence-corrected chi connectivity index (χ3v) is 6.74. The Morgan fingerprint density at radius 2 is 1.88 bits per heavy atom. The van der Waals surface area contributed by atoms with Crippen LogP contribution in [0.3, 0.4) is 0 Å². The van der Waals surface area contributed by atoms with Crippen molar-refractivity contribution in [3.05, 3.63) is 90.9 Å². The van der Waals surface area contributed by atoms with Gasteiger partial charge in [0.1, 0.15) is 5.69 Å². The van der Waals surface area contributed by atoms with E-state index in [1.807, 2.05) is 35.7 Å². The minimum Gasteiger partial charge on any atom is -0.295 e. The molecule has 4 rings (SSSR count). The summed E-state index contributed by atoms with van der Waals surface area (Å²) in [5.41, 5.74) is 2.66. The first-order valence-electron chi connectivity index (χ1n) is 9.65. The normalized spacial score (nSPS) is 11.3. The fourth-order valence-corrected chi connectivity index (χ4v) is 4.63. The molecule has 0 radical (unpaired) electrons. The maximum Gasteiger partial charge on any atom is 0.278 e. The first-order chi connectivity index (χ1) is 15.4. The number of hydrogen-bond acceptors (Lipinski definition) is 6. The highest BCUT2D eigenvalue weighted by Crippen LogP contribution is 2.29. The molecule has 32 heavy (non-hydrogen) atoms. The summed E-state index contributed by atoms with van der Waals surface area (Å²) >= 11 is 1.33. The number of rotatable bonds is 7. The van der Waals surface area contributed by atoms with Gasteiger partial charge in [0.25, 0.3) is 5.91 Å². The molecule has 2 aromatic heterocycles. The van der Waals surface area contributed by atoms with Gasteiger partial charge < -0.3 is 0 Å². The van der Waals surface area contributed by atoms with Crippen LogP contribution in [0.1, 0.15) is 10.5 Å². The van der Waals surface area contributed by atoms with Gasteiger partial charge in [0, 0.05) is 29.4 Å². The van der Waals surface area contributed by atoms with E-state index in [1.165, 1.54) is 23.8 Å². The van der Waals surface area contributed by atoms with Gasteiger partial charge in [0.15, 0.2) is 15.0 Å². The van der Waals surface area contributed by atoms with Crippen molar-refractivity contribution >= 4 is 32.2 Å². The molecule has 0 saturated carbocycles. The zero-order valence-corrected chi connectivity index (χ0v) is 18.9. The van der Waals surface area contributed by atoms with Crippen molar-refractivity contribution < 1.29 is 13.2 Å². The molecule has 2 aromatic carbocycles. The molecule has 0 fully saturated rings. The lowest BCUT2D eigenvalue weighted by molar-refractivity contribution is 0.0983.